The van der Waals surface area contributed by atoms with Gasteiger partial charge in [-0.05, 0) is 44.9 Å². The summed E-state index contributed by atoms with van der Waals surface area (Å²) in [5.41, 5.74) is 0. The third-order valence-electron chi connectivity index (χ3n) is 14.5. The molecule has 1 fully saturated rings. The molecule has 1 amide bonds. The Bertz CT molecular complexity index is 1370. The quantitative estimate of drug-likeness (QED) is 0.0193. The van der Waals surface area contributed by atoms with E-state index >= 15 is 0 Å². The van der Waals surface area contributed by atoms with Crippen molar-refractivity contribution in [3.63, 3.8) is 0 Å². The van der Waals surface area contributed by atoms with Gasteiger partial charge in [-0.1, -0.05) is 263 Å². The molecule has 0 saturated carbocycles. The second-order valence-electron chi connectivity index (χ2n) is 21.3. The summed E-state index contributed by atoms with van der Waals surface area (Å²) in [4.78, 5) is 13.1. The van der Waals surface area contributed by atoms with Crippen LogP contribution in [0.5, 0.6) is 0 Å². The molecule has 0 spiro atoms. The first-order valence-corrected chi connectivity index (χ1v) is 31.6. The zero-order valence-corrected chi connectivity index (χ0v) is 47.1. The van der Waals surface area contributed by atoms with E-state index in [2.05, 4.69) is 35.5 Å². The number of ether oxygens (including phenoxy) is 2. The van der Waals surface area contributed by atoms with Crippen LogP contribution >= 0.6 is 0 Å². The number of aliphatic hydroxyl groups excluding tert-OH is 4. The lowest BCUT2D eigenvalue weighted by molar-refractivity contribution is -0.298. The molecule has 7 atom stereocenters. The second-order valence-corrected chi connectivity index (χ2v) is 22.3. The zero-order valence-electron chi connectivity index (χ0n) is 46.3. The molecule has 72 heavy (non-hydrogen) atoms. The topological polar surface area (TPSA) is 192 Å². The van der Waals surface area contributed by atoms with Gasteiger partial charge in [0.1, 0.15) is 24.4 Å². The fourth-order valence-corrected chi connectivity index (χ4v) is 10.3. The van der Waals surface area contributed by atoms with E-state index in [-0.39, 0.29) is 18.9 Å². The highest BCUT2D eigenvalue weighted by Gasteiger charge is 2.48. The summed E-state index contributed by atoms with van der Waals surface area (Å²) in [6, 6.07) is -0.942. The lowest BCUT2D eigenvalue weighted by Crippen LogP contribution is -2.61. The normalized spacial score (nSPS) is 19.5. The fourth-order valence-electron chi connectivity index (χ4n) is 9.81. The van der Waals surface area contributed by atoms with E-state index < -0.39 is 59.9 Å². The van der Waals surface area contributed by atoms with Crippen LogP contribution in [0.4, 0.5) is 0 Å². The minimum absolute atomic E-state index is 0.258. The molecule has 0 radical (unpaired) electrons. The van der Waals surface area contributed by atoms with Crippen LogP contribution in [0.2, 0.25) is 0 Å². The molecule has 0 aliphatic carbocycles. The Morgan fingerprint density at radius 2 is 0.889 bits per heavy atom. The van der Waals surface area contributed by atoms with E-state index in [9.17, 15) is 38.2 Å². The van der Waals surface area contributed by atoms with E-state index in [0.717, 1.165) is 38.5 Å². The van der Waals surface area contributed by atoms with Crippen LogP contribution in [0.1, 0.15) is 290 Å². The Morgan fingerprint density at radius 1 is 0.542 bits per heavy atom. The minimum Gasteiger partial charge on any atom is -0.394 e. The SMILES string of the molecule is CCCCCCCCCCCCCC/C=C\CCCCCCCCCCCCCCCCC(=O)NC(COC1OC(CO)C(O)C(OS(=O)(=O)O)C1O)C(O)/C=C/CCCCCCCCCCCCCCC. The van der Waals surface area contributed by atoms with Crippen molar-refractivity contribution in [3.05, 3.63) is 24.3 Å². The number of carbonyl (C=O) groups is 1. The summed E-state index contributed by atoms with van der Waals surface area (Å²) in [5, 5.41) is 44.9. The molecule has 13 heteroatoms. The van der Waals surface area contributed by atoms with Crippen molar-refractivity contribution in [2.24, 2.45) is 0 Å². The summed E-state index contributed by atoms with van der Waals surface area (Å²) in [5.74, 6) is -0.258. The van der Waals surface area contributed by atoms with E-state index in [1.807, 2.05) is 6.08 Å². The standard InChI is InChI=1S/C59H113NO11S/c1-3-5-7-9-11-13-15-17-19-20-21-22-23-24-25-26-27-28-29-30-31-32-33-35-37-39-41-43-45-47-49-55(63)60-52(51-69-59-57(65)58(71-72(66,67)68)56(64)54(50-61)70-59)53(62)48-46-44-42-40-38-36-34-18-16-14-12-10-8-6-4-2/h24-25,46,48,52-54,56-59,61-62,64-65H,3-23,26-45,47,49-51H2,1-2H3,(H,60,63)(H,66,67,68)/b25-24-,48-46+. The maximum absolute atomic E-state index is 13.1. The largest absolute Gasteiger partial charge is 0.397 e. The van der Waals surface area contributed by atoms with E-state index in [1.54, 1.807) is 6.08 Å². The lowest BCUT2D eigenvalue weighted by Gasteiger charge is -2.41. The van der Waals surface area contributed by atoms with Gasteiger partial charge >= 0.3 is 10.4 Å². The van der Waals surface area contributed by atoms with Crippen LogP contribution in [0, 0.1) is 0 Å². The molecule has 1 rings (SSSR count). The zero-order chi connectivity index (χ0) is 52.6. The second kappa shape index (κ2) is 49.2. The summed E-state index contributed by atoms with van der Waals surface area (Å²) in [6.07, 6.45) is 52.4. The minimum atomic E-state index is -5.09. The Hall–Kier alpha value is -1.42. The van der Waals surface area contributed by atoms with Gasteiger partial charge in [-0.15, -0.1) is 0 Å². The first-order valence-electron chi connectivity index (χ1n) is 30.2. The maximum atomic E-state index is 13.1. The molecular weight excluding hydrogens is 931 g/mol. The smallest absolute Gasteiger partial charge is 0.394 e. The summed E-state index contributed by atoms with van der Waals surface area (Å²) < 4.78 is 47.8. The van der Waals surface area contributed by atoms with Crippen LogP contribution in [0.25, 0.3) is 0 Å². The van der Waals surface area contributed by atoms with Gasteiger partial charge in [0.2, 0.25) is 5.91 Å². The van der Waals surface area contributed by atoms with Gasteiger partial charge in [0.25, 0.3) is 0 Å². The Kier molecular flexibility index (Phi) is 46.8. The van der Waals surface area contributed by atoms with Crippen LogP contribution in [-0.2, 0) is 28.9 Å². The number of hydrogen-bond acceptors (Lipinski definition) is 10. The monoisotopic (exact) mass is 1040 g/mol. The first kappa shape index (κ1) is 68.6. The highest BCUT2D eigenvalue weighted by Crippen LogP contribution is 2.26. The molecule has 12 nitrogen and oxygen atoms in total. The molecule has 426 valence electrons. The highest BCUT2D eigenvalue weighted by atomic mass is 32.3. The van der Waals surface area contributed by atoms with Gasteiger partial charge < -0.3 is 35.2 Å². The number of rotatable bonds is 53. The molecule has 0 aromatic heterocycles. The highest BCUT2D eigenvalue weighted by molar-refractivity contribution is 7.80. The molecule has 1 aliphatic rings. The predicted octanol–water partition coefficient (Wildman–Crippen LogP) is 14.4. The van der Waals surface area contributed by atoms with Crippen molar-refractivity contribution in [3.8, 4) is 0 Å². The Balaban J connectivity index is 2.27. The molecule has 0 aromatic carbocycles. The third-order valence-corrected chi connectivity index (χ3v) is 14.9. The van der Waals surface area contributed by atoms with Crippen molar-refractivity contribution < 1.29 is 51.8 Å². The van der Waals surface area contributed by atoms with Crippen LogP contribution in [-0.4, -0.2) is 95.4 Å². The van der Waals surface area contributed by atoms with Gasteiger partial charge in [0.05, 0.1) is 25.4 Å². The van der Waals surface area contributed by atoms with Crippen molar-refractivity contribution >= 4 is 16.3 Å². The third kappa shape index (κ3) is 40.8. The van der Waals surface area contributed by atoms with Gasteiger partial charge in [-0.3, -0.25) is 9.35 Å². The number of aliphatic hydroxyl groups is 4. The molecule has 1 heterocycles. The van der Waals surface area contributed by atoms with Crippen LogP contribution in [0.15, 0.2) is 24.3 Å². The van der Waals surface area contributed by atoms with Crippen molar-refractivity contribution in [2.45, 2.75) is 333 Å². The van der Waals surface area contributed by atoms with Crippen LogP contribution < -0.4 is 5.32 Å². The number of allylic oxidation sites excluding steroid dienone is 3. The van der Waals surface area contributed by atoms with E-state index in [0.29, 0.717) is 6.42 Å². The number of amides is 1. The molecule has 0 bridgehead atoms. The average molecular weight is 1040 g/mol. The summed E-state index contributed by atoms with van der Waals surface area (Å²) in [6.45, 7) is 3.43. The molecule has 0 aromatic rings. The Morgan fingerprint density at radius 3 is 1.25 bits per heavy atom. The van der Waals surface area contributed by atoms with Crippen LogP contribution in [0.3, 0.4) is 0 Å². The number of carbonyl (C=O) groups excluding carboxylic acids is 1. The lowest BCUT2D eigenvalue weighted by atomic mass is 9.99. The van der Waals surface area contributed by atoms with Gasteiger partial charge in [0.15, 0.2) is 6.29 Å². The van der Waals surface area contributed by atoms with E-state index in [4.69, 9.17) is 9.47 Å². The number of hydrogen-bond donors (Lipinski definition) is 6. The van der Waals surface area contributed by atoms with Crippen molar-refractivity contribution in [1.29, 1.82) is 0 Å². The molecule has 6 N–H and O–H groups in total. The van der Waals surface area contributed by atoms with Crippen molar-refractivity contribution in [1.82, 2.24) is 5.32 Å². The maximum Gasteiger partial charge on any atom is 0.397 e. The van der Waals surface area contributed by atoms with Gasteiger partial charge in [-0.2, -0.15) is 8.42 Å². The van der Waals surface area contributed by atoms with Crippen molar-refractivity contribution in [2.75, 3.05) is 13.2 Å². The first-order chi connectivity index (χ1) is 35.0. The Labute approximate surface area is 442 Å². The summed E-state index contributed by atoms with van der Waals surface area (Å²) >= 11 is 0. The fraction of sp³-hybridized carbons (Fsp3) is 0.915. The number of unbranched alkanes of at least 4 members (excludes halogenated alkanes) is 39. The van der Waals surface area contributed by atoms with Gasteiger partial charge in [0, 0.05) is 6.42 Å². The van der Waals surface area contributed by atoms with Gasteiger partial charge in [-0.25, -0.2) is 4.18 Å². The average Bonchev–Trinajstić information content (AvgIpc) is 3.36. The molecule has 1 aliphatic heterocycles. The summed E-state index contributed by atoms with van der Waals surface area (Å²) in [7, 11) is -5.09. The predicted molar refractivity (Wildman–Crippen MR) is 296 cm³/mol. The molecular formula is C59H113NO11S. The molecule has 1 saturated heterocycles. The number of nitrogens with one attached hydrogen (secondary N) is 1. The molecule has 7 unspecified atom stereocenters. The van der Waals surface area contributed by atoms with E-state index in [1.165, 1.54) is 225 Å².